The van der Waals surface area contributed by atoms with Gasteiger partial charge in [-0.2, -0.15) is 0 Å². The van der Waals surface area contributed by atoms with E-state index in [0.717, 1.165) is 26.9 Å². The highest BCUT2D eigenvalue weighted by molar-refractivity contribution is 9.10. The molecule has 1 N–H and O–H groups in total. The molecule has 0 fully saturated rings. The molecule has 2 aromatic carbocycles. The molecule has 0 radical (unpaired) electrons. The molecule has 17 heavy (non-hydrogen) atoms. The first-order chi connectivity index (χ1) is 8.26. The van der Waals surface area contributed by atoms with Crippen LogP contribution in [0.5, 0.6) is 5.75 Å². The van der Waals surface area contributed by atoms with Gasteiger partial charge in [0.15, 0.2) is 0 Å². The Hall–Kier alpha value is -1.32. The number of rotatable bonds is 3. The molecule has 0 aromatic heterocycles. The van der Waals surface area contributed by atoms with E-state index >= 15 is 0 Å². The Labute approximate surface area is 109 Å². The minimum absolute atomic E-state index is 0.0262. The molecule has 0 heterocycles. The van der Waals surface area contributed by atoms with Crippen LogP contribution < -0.4 is 4.74 Å². The van der Waals surface area contributed by atoms with Crippen molar-refractivity contribution in [1.29, 1.82) is 0 Å². The van der Waals surface area contributed by atoms with Crippen LogP contribution in [0.2, 0.25) is 0 Å². The summed E-state index contributed by atoms with van der Waals surface area (Å²) in [6.07, 6.45) is 0. The van der Waals surface area contributed by atoms with Gasteiger partial charge in [-0.1, -0.05) is 30.3 Å². The van der Waals surface area contributed by atoms with Crippen LogP contribution in [0.1, 0.15) is 5.56 Å². The smallest absolute Gasteiger partial charge is 0.119 e. The average Bonchev–Trinajstić information content (AvgIpc) is 2.39. The van der Waals surface area contributed by atoms with Crippen molar-refractivity contribution in [3.8, 4) is 16.9 Å². The van der Waals surface area contributed by atoms with Gasteiger partial charge in [-0.3, -0.25) is 0 Å². The van der Waals surface area contributed by atoms with Gasteiger partial charge in [0.2, 0.25) is 0 Å². The van der Waals surface area contributed by atoms with Crippen LogP contribution in [-0.4, -0.2) is 12.2 Å². The number of ether oxygens (including phenoxy) is 1. The first-order valence-corrected chi connectivity index (χ1v) is 6.08. The molecule has 0 aliphatic carbocycles. The summed E-state index contributed by atoms with van der Waals surface area (Å²) in [7, 11) is 1.65. The number of hydrogen-bond donors (Lipinski definition) is 1. The van der Waals surface area contributed by atoms with Crippen molar-refractivity contribution in [3.63, 3.8) is 0 Å². The maximum atomic E-state index is 9.24. The van der Waals surface area contributed by atoms with E-state index in [1.807, 2.05) is 42.5 Å². The van der Waals surface area contributed by atoms with E-state index < -0.39 is 0 Å². The first-order valence-electron chi connectivity index (χ1n) is 5.29. The fourth-order valence-electron chi connectivity index (χ4n) is 1.72. The molecule has 2 aromatic rings. The quantitative estimate of drug-likeness (QED) is 0.936. The van der Waals surface area contributed by atoms with Crippen molar-refractivity contribution >= 4 is 15.9 Å². The number of aliphatic hydroxyl groups is 1. The Bertz CT molecular complexity index is 523. The highest BCUT2D eigenvalue weighted by atomic mass is 79.9. The fraction of sp³-hybridized carbons (Fsp3) is 0.143. The molecular weight excluding hydrogens is 280 g/mol. The lowest BCUT2D eigenvalue weighted by Gasteiger charge is -2.09. The second-order valence-corrected chi connectivity index (χ2v) is 4.46. The predicted molar refractivity (Wildman–Crippen MR) is 72.1 cm³/mol. The second kappa shape index (κ2) is 5.34. The number of benzene rings is 2. The molecule has 0 spiro atoms. The molecule has 88 valence electrons. The third-order valence-electron chi connectivity index (χ3n) is 2.63. The Kier molecular flexibility index (Phi) is 3.82. The maximum Gasteiger partial charge on any atom is 0.119 e. The van der Waals surface area contributed by atoms with Crippen LogP contribution >= 0.6 is 15.9 Å². The van der Waals surface area contributed by atoms with E-state index in [9.17, 15) is 5.11 Å². The molecule has 3 heteroatoms. The Morgan fingerprint density at radius 1 is 1.18 bits per heavy atom. The van der Waals surface area contributed by atoms with Gasteiger partial charge >= 0.3 is 0 Å². The minimum Gasteiger partial charge on any atom is -0.497 e. The Morgan fingerprint density at radius 2 is 1.94 bits per heavy atom. The molecule has 0 unspecified atom stereocenters. The molecule has 0 bridgehead atoms. The molecule has 2 nitrogen and oxygen atoms in total. The number of halogens is 1. The van der Waals surface area contributed by atoms with E-state index in [0.29, 0.717) is 0 Å². The molecule has 2 rings (SSSR count). The third-order valence-corrected chi connectivity index (χ3v) is 3.57. The van der Waals surface area contributed by atoms with Gasteiger partial charge in [0.1, 0.15) is 5.75 Å². The zero-order valence-electron chi connectivity index (χ0n) is 9.48. The standard InChI is InChI=1S/C14H13BrO2/c1-17-12-6-2-4-10(8-12)13-7-3-5-11(9-16)14(13)15/h2-8,16H,9H2,1H3. The van der Waals surface area contributed by atoms with Crippen molar-refractivity contribution in [2.24, 2.45) is 0 Å². The molecule has 0 amide bonds. The van der Waals surface area contributed by atoms with E-state index in [1.54, 1.807) is 7.11 Å². The van der Waals surface area contributed by atoms with E-state index in [1.165, 1.54) is 0 Å². The van der Waals surface area contributed by atoms with E-state index in [-0.39, 0.29) is 6.61 Å². The van der Waals surface area contributed by atoms with E-state index in [4.69, 9.17) is 4.74 Å². The molecule has 0 atom stereocenters. The number of methoxy groups -OCH3 is 1. The lowest BCUT2D eigenvalue weighted by molar-refractivity contribution is 0.281. The molecule has 0 aliphatic rings. The zero-order chi connectivity index (χ0) is 12.3. The van der Waals surface area contributed by atoms with Gasteiger partial charge in [0.25, 0.3) is 0 Å². The predicted octanol–water partition coefficient (Wildman–Crippen LogP) is 3.62. The Balaban J connectivity index is 2.52. The summed E-state index contributed by atoms with van der Waals surface area (Å²) in [6, 6.07) is 13.7. The van der Waals surface area contributed by atoms with Gasteiger partial charge in [-0.15, -0.1) is 0 Å². The van der Waals surface area contributed by atoms with Crippen molar-refractivity contribution in [2.45, 2.75) is 6.61 Å². The summed E-state index contributed by atoms with van der Waals surface area (Å²) in [5.41, 5.74) is 2.99. The summed E-state index contributed by atoms with van der Waals surface area (Å²) < 4.78 is 6.13. The van der Waals surface area contributed by atoms with Gasteiger partial charge in [-0.05, 0) is 44.8 Å². The molecule has 0 aliphatic heterocycles. The lowest BCUT2D eigenvalue weighted by Crippen LogP contribution is -1.89. The summed E-state index contributed by atoms with van der Waals surface area (Å²) in [6.45, 7) is 0.0262. The summed E-state index contributed by atoms with van der Waals surface area (Å²) >= 11 is 3.52. The van der Waals surface area contributed by atoms with Crippen LogP contribution in [0.15, 0.2) is 46.9 Å². The normalized spacial score (nSPS) is 10.3. The van der Waals surface area contributed by atoms with Crippen LogP contribution in [0.25, 0.3) is 11.1 Å². The third kappa shape index (κ3) is 2.51. The van der Waals surface area contributed by atoms with Crippen molar-refractivity contribution < 1.29 is 9.84 Å². The van der Waals surface area contributed by atoms with Gasteiger partial charge in [0, 0.05) is 4.47 Å². The lowest BCUT2D eigenvalue weighted by atomic mass is 10.0. The Morgan fingerprint density at radius 3 is 2.65 bits per heavy atom. The molecule has 0 saturated heterocycles. The van der Waals surface area contributed by atoms with Crippen molar-refractivity contribution in [3.05, 3.63) is 52.5 Å². The SMILES string of the molecule is COc1cccc(-c2cccc(CO)c2Br)c1. The van der Waals surface area contributed by atoms with Crippen molar-refractivity contribution in [1.82, 2.24) is 0 Å². The highest BCUT2D eigenvalue weighted by Crippen LogP contribution is 2.32. The van der Waals surface area contributed by atoms with Crippen LogP contribution in [0.4, 0.5) is 0 Å². The zero-order valence-corrected chi connectivity index (χ0v) is 11.1. The van der Waals surface area contributed by atoms with Crippen LogP contribution in [0, 0.1) is 0 Å². The van der Waals surface area contributed by atoms with Crippen LogP contribution in [0.3, 0.4) is 0 Å². The maximum absolute atomic E-state index is 9.24. The molecular formula is C14H13BrO2. The summed E-state index contributed by atoms with van der Waals surface area (Å²) in [5.74, 6) is 0.823. The topological polar surface area (TPSA) is 29.5 Å². The van der Waals surface area contributed by atoms with Gasteiger partial charge < -0.3 is 9.84 Å². The summed E-state index contributed by atoms with van der Waals surface area (Å²) in [5, 5.41) is 9.24. The number of aliphatic hydroxyl groups excluding tert-OH is 1. The summed E-state index contributed by atoms with van der Waals surface area (Å²) in [4.78, 5) is 0. The van der Waals surface area contributed by atoms with Gasteiger partial charge in [0.05, 0.1) is 13.7 Å². The van der Waals surface area contributed by atoms with Crippen LogP contribution in [-0.2, 0) is 6.61 Å². The number of hydrogen-bond acceptors (Lipinski definition) is 2. The minimum atomic E-state index is 0.0262. The monoisotopic (exact) mass is 292 g/mol. The largest absolute Gasteiger partial charge is 0.497 e. The van der Waals surface area contributed by atoms with Gasteiger partial charge in [-0.25, -0.2) is 0 Å². The first kappa shape index (κ1) is 12.1. The van der Waals surface area contributed by atoms with E-state index in [2.05, 4.69) is 15.9 Å². The fourth-order valence-corrected chi connectivity index (χ4v) is 2.33. The average molecular weight is 293 g/mol. The molecule has 0 saturated carbocycles. The van der Waals surface area contributed by atoms with Crippen molar-refractivity contribution in [2.75, 3.05) is 7.11 Å². The highest BCUT2D eigenvalue weighted by Gasteiger charge is 2.07. The second-order valence-electron chi connectivity index (χ2n) is 3.67.